The number of thiophene rings is 1. The van der Waals surface area contributed by atoms with E-state index in [1.807, 2.05) is 6.07 Å². The lowest BCUT2D eigenvalue weighted by Crippen LogP contribution is -2.31. The fourth-order valence-electron chi connectivity index (χ4n) is 2.46. The average molecular weight is 451 g/mol. The molecule has 0 aliphatic rings. The molecule has 1 atom stereocenters. The van der Waals surface area contributed by atoms with Gasteiger partial charge in [-0.05, 0) is 41.3 Å². The van der Waals surface area contributed by atoms with Crippen LogP contribution in [0.3, 0.4) is 0 Å². The largest absolute Gasteiger partial charge is 0.350 e. The van der Waals surface area contributed by atoms with Crippen LogP contribution < -0.4 is 5.32 Å². The van der Waals surface area contributed by atoms with Gasteiger partial charge in [0.25, 0.3) is 5.91 Å². The number of nitrogens with one attached hydrogen (secondary N) is 1. The Balaban J connectivity index is 1.87. The molecule has 134 valence electrons. The molecule has 2 heterocycles. The molecule has 0 spiro atoms. The Bertz CT molecular complexity index is 990. The number of carbonyl (C=O) groups excluding carboxylic acids is 1. The molecule has 5 nitrogen and oxygen atoms in total. The molecule has 0 radical (unpaired) electrons. The summed E-state index contributed by atoms with van der Waals surface area (Å²) in [6.07, 6.45) is 3.10. The molecule has 3 rings (SSSR count). The summed E-state index contributed by atoms with van der Waals surface area (Å²) < 4.78 is 27.1. The van der Waals surface area contributed by atoms with Gasteiger partial charge in [0.1, 0.15) is 9.46 Å². The molecule has 2 aromatic heterocycles. The Hall–Kier alpha value is -2.03. The predicted octanol–water partition coefficient (Wildman–Crippen LogP) is 3.85. The van der Waals surface area contributed by atoms with Crippen LogP contribution in [0.1, 0.15) is 21.2 Å². The monoisotopic (exact) mass is 450 g/mol. The smallest absolute Gasteiger partial charge is 0.251 e. The van der Waals surface area contributed by atoms with Crippen molar-refractivity contribution in [2.24, 2.45) is 0 Å². The number of carbonyl (C=O) groups is 1. The first-order chi connectivity index (χ1) is 12.5. The predicted molar refractivity (Wildman–Crippen MR) is 105 cm³/mol. The second-order valence-corrected chi connectivity index (χ2v) is 9.69. The maximum Gasteiger partial charge on any atom is 0.251 e. The maximum atomic E-state index is 13.0. The molecule has 0 saturated carbocycles. The van der Waals surface area contributed by atoms with Gasteiger partial charge < -0.3 is 5.32 Å². The quantitative estimate of drug-likeness (QED) is 0.618. The Morgan fingerprint density at radius 2 is 2.04 bits per heavy atom. The average Bonchev–Trinajstić information content (AvgIpc) is 3.18. The number of benzene rings is 1. The summed E-state index contributed by atoms with van der Waals surface area (Å²) in [5, 5.41) is 3.54. The molecule has 0 saturated heterocycles. The fraction of sp³-hybridized carbons (Fsp3) is 0.111. The van der Waals surface area contributed by atoms with Gasteiger partial charge in [-0.2, -0.15) is 0 Å². The van der Waals surface area contributed by atoms with Gasteiger partial charge in [-0.25, -0.2) is 8.42 Å². The Labute approximate surface area is 164 Å². The normalized spacial score (nSPS) is 12.5. The van der Waals surface area contributed by atoms with Gasteiger partial charge in [0.2, 0.25) is 0 Å². The lowest BCUT2D eigenvalue weighted by Gasteiger charge is -2.18. The van der Waals surface area contributed by atoms with Crippen molar-refractivity contribution < 1.29 is 13.2 Å². The first-order valence-corrected chi connectivity index (χ1v) is 10.9. The highest BCUT2D eigenvalue weighted by Gasteiger charge is 2.30. The molecule has 3 aromatic rings. The molecule has 26 heavy (non-hydrogen) atoms. The van der Waals surface area contributed by atoms with Crippen LogP contribution in [0, 0.1) is 0 Å². The Morgan fingerprint density at radius 1 is 1.19 bits per heavy atom. The third-order valence-electron chi connectivity index (χ3n) is 3.74. The number of halogens is 1. The minimum Gasteiger partial charge on any atom is -0.350 e. The fourth-order valence-corrected chi connectivity index (χ4v) is 5.70. The van der Waals surface area contributed by atoms with Crippen molar-refractivity contribution in [3.05, 3.63) is 81.9 Å². The number of sulfone groups is 1. The van der Waals surface area contributed by atoms with Crippen LogP contribution in [0.2, 0.25) is 0 Å². The lowest BCUT2D eigenvalue weighted by atomic mass is 10.2. The van der Waals surface area contributed by atoms with E-state index in [1.54, 1.807) is 54.0 Å². The molecule has 0 bridgehead atoms. The van der Waals surface area contributed by atoms with Gasteiger partial charge in [-0.15, -0.1) is 11.3 Å². The summed E-state index contributed by atoms with van der Waals surface area (Å²) in [5.74, 6) is -0.332. The number of hydrogen-bond donors (Lipinski definition) is 1. The molecule has 8 heteroatoms. The Morgan fingerprint density at radius 3 is 2.69 bits per heavy atom. The van der Waals surface area contributed by atoms with E-state index < -0.39 is 15.1 Å². The molecular formula is C18H15BrN2O3S2. The van der Waals surface area contributed by atoms with Gasteiger partial charge >= 0.3 is 0 Å². The van der Waals surface area contributed by atoms with Crippen LogP contribution in [-0.4, -0.2) is 25.9 Å². The number of nitrogens with zero attached hydrogens (tertiary/aromatic N) is 1. The molecule has 0 aliphatic heterocycles. The van der Waals surface area contributed by atoms with Crippen LogP contribution in [0.25, 0.3) is 0 Å². The van der Waals surface area contributed by atoms with Gasteiger partial charge in [0.15, 0.2) is 9.84 Å². The number of pyridine rings is 1. The molecule has 0 fully saturated rings. The third kappa shape index (κ3) is 4.20. The number of rotatable bonds is 6. The highest BCUT2D eigenvalue weighted by molar-refractivity contribution is 9.10. The maximum absolute atomic E-state index is 13.0. The summed E-state index contributed by atoms with van der Waals surface area (Å²) in [6.45, 7) is -0.0444. The first kappa shape index (κ1) is 18.8. The number of amides is 1. The van der Waals surface area contributed by atoms with Crippen molar-refractivity contribution in [2.45, 2.75) is 9.46 Å². The van der Waals surface area contributed by atoms with Crippen LogP contribution >= 0.6 is 27.3 Å². The summed E-state index contributed by atoms with van der Waals surface area (Å²) in [4.78, 5) is 16.4. The van der Waals surface area contributed by atoms with Gasteiger partial charge in [-0.3, -0.25) is 9.78 Å². The van der Waals surface area contributed by atoms with E-state index in [2.05, 4.69) is 26.2 Å². The standard InChI is InChI=1S/C18H15BrN2O3S2/c19-15-6-1-4-13(10-15)18(22)21-12-16(14-5-2-8-20-11-14)26(23,24)17-7-3-9-25-17/h1-11,16H,12H2,(H,21,22). The van der Waals surface area contributed by atoms with E-state index in [-0.39, 0.29) is 16.7 Å². The van der Waals surface area contributed by atoms with Crippen LogP contribution in [0.5, 0.6) is 0 Å². The van der Waals surface area contributed by atoms with E-state index in [9.17, 15) is 13.2 Å². The van der Waals surface area contributed by atoms with Gasteiger partial charge in [-0.1, -0.05) is 34.1 Å². The van der Waals surface area contributed by atoms with E-state index in [1.165, 1.54) is 6.20 Å². The van der Waals surface area contributed by atoms with E-state index in [0.29, 0.717) is 11.1 Å². The zero-order valence-corrected chi connectivity index (χ0v) is 16.7. The van der Waals surface area contributed by atoms with E-state index >= 15 is 0 Å². The van der Waals surface area contributed by atoms with Gasteiger partial charge in [0.05, 0.1) is 0 Å². The van der Waals surface area contributed by atoms with Crippen molar-refractivity contribution in [3.8, 4) is 0 Å². The summed E-state index contributed by atoms with van der Waals surface area (Å²) in [6, 6.07) is 13.6. The summed E-state index contributed by atoms with van der Waals surface area (Å²) in [5.41, 5.74) is 0.994. The molecule has 0 aliphatic carbocycles. The van der Waals surface area contributed by atoms with Gasteiger partial charge in [0, 0.05) is 29.0 Å². The second-order valence-electron chi connectivity index (χ2n) is 5.47. The van der Waals surface area contributed by atoms with E-state index in [0.717, 1.165) is 15.8 Å². The molecule has 1 unspecified atom stereocenters. The molecule has 1 aromatic carbocycles. The Kier molecular flexibility index (Phi) is 5.85. The lowest BCUT2D eigenvalue weighted by molar-refractivity contribution is 0.0953. The molecular weight excluding hydrogens is 436 g/mol. The highest BCUT2D eigenvalue weighted by atomic mass is 79.9. The minimum atomic E-state index is -3.64. The van der Waals surface area contributed by atoms with Crippen LogP contribution in [0.4, 0.5) is 0 Å². The number of hydrogen-bond acceptors (Lipinski definition) is 5. The summed E-state index contributed by atoms with van der Waals surface area (Å²) in [7, 11) is -3.64. The van der Waals surface area contributed by atoms with Crippen LogP contribution in [-0.2, 0) is 9.84 Å². The zero-order chi connectivity index (χ0) is 18.6. The van der Waals surface area contributed by atoms with Crippen LogP contribution in [0.15, 0.2) is 75.0 Å². The van der Waals surface area contributed by atoms with Crippen molar-refractivity contribution in [1.29, 1.82) is 0 Å². The van der Waals surface area contributed by atoms with Crippen molar-refractivity contribution in [1.82, 2.24) is 10.3 Å². The highest BCUT2D eigenvalue weighted by Crippen LogP contribution is 2.30. The SMILES string of the molecule is O=C(NCC(c1cccnc1)S(=O)(=O)c1cccs1)c1cccc(Br)c1. The summed E-state index contributed by atoms with van der Waals surface area (Å²) >= 11 is 4.48. The zero-order valence-electron chi connectivity index (χ0n) is 13.5. The second kappa shape index (κ2) is 8.11. The van der Waals surface area contributed by atoms with Crippen molar-refractivity contribution >= 4 is 43.0 Å². The first-order valence-electron chi connectivity index (χ1n) is 7.69. The van der Waals surface area contributed by atoms with Crippen molar-refractivity contribution in [2.75, 3.05) is 6.54 Å². The van der Waals surface area contributed by atoms with Crippen molar-refractivity contribution in [3.63, 3.8) is 0 Å². The topological polar surface area (TPSA) is 76.1 Å². The molecule has 1 N–H and O–H groups in total. The van der Waals surface area contributed by atoms with E-state index in [4.69, 9.17) is 0 Å². The third-order valence-corrected chi connectivity index (χ3v) is 7.77. The minimum absolute atomic E-state index is 0.0444. The molecule has 1 amide bonds. The number of aromatic nitrogens is 1.